The second-order valence-corrected chi connectivity index (χ2v) is 3.27. The lowest BCUT2D eigenvalue weighted by molar-refractivity contribution is 0.636. The lowest BCUT2D eigenvalue weighted by Crippen LogP contribution is -2.00. The summed E-state index contributed by atoms with van der Waals surface area (Å²) in [7, 11) is 0. The lowest BCUT2D eigenvalue weighted by atomic mass is 10.1. The largest absolute Gasteiger partial charge is 0.325 e. The first-order valence-electron chi connectivity index (χ1n) is 4.47. The van der Waals surface area contributed by atoms with Gasteiger partial charge in [-0.1, -0.05) is 12.1 Å². The smallest absolute Gasteiger partial charge is 0.149 e. The minimum absolute atomic E-state index is 0.291. The number of aromatic nitrogens is 1. The topological polar surface area (TPSA) is 38.9 Å². The zero-order valence-electron chi connectivity index (χ0n) is 7.92. The van der Waals surface area contributed by atoms with Gasteiger partial charge in [0, 0.05) is 11.9 Å². The monoisotopic (exact) mass is 190 g/mol. The van der Waals surface area contributed by atoms with Crippen LogP contribution in [0.25, 0.3) is 10.9 Å². The predicted octanol–water partition coefficient (Wildman–Crippen LogP) is 2.14. The number of benzene rings is 1. The van der Waals surface area contributed by atoms with E-state index < -0.39 is 0 Å². The fourth-order valence-corrected chi connectivity index (χ4v) is 1.48. The van der Waals surface area contributed by atoms with Crippen LogP contribution in [0.4, 0.5) is 4.39 Å². The first-order chi connectivity index (χ1) is 6.72. The van der Waals surface area contributed by atoms with Crippen LogP contribution in [0.2, 0.25) is 0 Å². The molecule has 0 radical (unpaired) electrons. The van der Waals surface area contributed by atoms with Gasteiger partial charge in [-0.2, -0.15) is 0 Å². The van der Waals surface area contributed by atoms with Crippen molar-refractivity contribution < 1.29 is 4.39 Å². The molecule has 0 atom stereocenters. The Kier molecular flexibility index (Phi) is 2.17. The van der Waals surface area contributed by atoms with Gasteiger partial charge in [0.05, 0.1) is 5.69 Å². The summed E-state index contributed by atoms with van der Waals surface area (Å²) in [5, 5.41) is 0.849. The van der Waals surface area contributed by atoms with Gasteiger partial charge in [-0.05, 0) is 24.6 Å². The number of nitrogens with zero attached hydrogens (tertiary/aromatic N) is 1. The molecule has 1 heterocycles. The molecule has 0 saturated carbocycles. The molecule has 0 spiro atoms. The summed E-state index contributed by atoms with van der Waals surface area (Å²) in [6.07, 6.45) is 0. The van der Waals surface area contributed by atoms with E-state index in [0.29, 0.717) is 17.8 Å². The average Bonchev–Trinajstić information content (AvgIpc) is 2.23. The minimum Gasteiger partial charge on any atom is -0.325 e. The number of pyridine rings is 1. The maximum atomic E-state index is 13.4. The van der Waals surface area contributed by atoms with Crippen molar-refractivity contribution >= 4 is 10.9 Å². The van der Waals surface area contributed by atoms with Gasteiger partial charge in [0.1, 0.15) is 11.3 Å². The summed E-state index contributed by atoms with van der Waals surface area (Å²) >= 11 is 0. The summed E-state index contributed by atoms with van der Waals surface area (Å²) in [6.45, 7) is 2.27. The Bertz CT molecular complexity index is 480. The maximum absolute atomic E-state index is 13.4. The highest BCUT2D eigenvalue weighted by Gasteiger charge is 2.04. The first kappa shape index (κ1) is 9.09. The summed E-state index contributed by atoms with van der Waals surface area (Å²) in [4.78, 5) is 4.15. The van der Waals surface area contributed by atoms with E-state index in [1.165, 1.54) is 6.07 Å². The van der Waals surface area contributed by atoms with Gasteiger partial charge >= 0.3 is 0 Å². The number of hydrogen-bond acceptors (Lipinski definition) is 2. The number of hydrogen-bond donors (Lipinski definition) is 1. The molecule has 0 amide bonds. The van der Waals surface area contributed by atoms with Gasteiger partial charge in [-0.25, -0.2) is 9.37 Å². The second kappa shape index (κ2) is 3.35. The molecule has 0 bridgehead atoms. The molecule has 0 aliphatic rings. The molecule has 0 fully saturated rings. The number of aryl methyl sites for hydroxylation is 1. The van der Waals surface area contributed by atoms with Crippen LogP contribution in [-0.2, 0) is 6.54 Å². The van der Waals surface area contributed by atoms with Crippen LogP contribution in [0.5, 0.6) is 0 Å². The van der Waals surface area contributed by atoms with Crippen LogP contribution in [0.15, 0.2) is 24.3 Å². The molecule has 72 valence electrons. The maximum Gasteiger partial charge on any atom is 0.149 e. The van der Waals surface area contributed by atoms with E-state index in [1.54, 1.807) is 6.07 Å². The SMILES string of the molecule is Cc1ccc(F)c2nc(CN)ccc12. The van der Waals surface area contributed by atoms with Crippen molar-refractivity contribution in [3.05, 3.63) is 41.3 Å². The van der Waals surface area contributed by atoms with Crippen molar-refractivity contribution in [2.24, 2.45) is 5.73 Å². The Morgan fingerprint density at radius 3 is 2.79 bits per heavy atom. The average molecular weight is 190 g/mol. The molecule has 0 saturated heterocycles. The quantitative estimate of drug-likeness (QED) is 0.748. The van der Waals surface area contributed by atoms with E-state index in [2.05, 4.69) is 4.98 Å². The van der Waals surface area contributed by atoms with Crippen molar-refractivity contribution in [1.82, 2.24) is 4.98 Å². The summed E-state index contributed by atoms with van der Waals surface area (Å²) in [5.74, 6) is -0.291. The normalized spacial score (nSPS) is 10.8. The Balaban J connectivity index is 2.80. The van der Waals surface area contributed by atoms with Crippen LogP contribution >= 0.6 is 0 Å². The van der Waals surface area contributed by atoms with Crippen LogP contribution < -0.4 is 5.73 Å². The third-order valence-electron chi connectivity index (χ3n) is 2.29. The second-order valence-electron chi connectivity index (χ2n) is 3.27. The van der Waals surface area contributed by atoms with Crippen LogP contribution in [0.3, 0.4) is 0 Å². The minimum atomic E-state index is -0.291. The highest BCUT2D eigenvalue weighted by Crippen LogP contribution is 2.19. The molecule has 0 unspecified atom stereocenters. The van der Waals surface area contributed by atoms with Gasteiger partial charge in [-0.15, -0.1) is 0 Å². The number of nitrogens with two attached hydrogens (primary N) is 1. The predicted molar refractivity (Wildman–Crippen MR) is 54.3 cm³/mol. The molecule has 0 aliphatic heterocycles. The van der Waals surface area contributed by atoms with Crippen molar-refractivity contribution in [3.63, 3.8) is 0 Å². The Labute approximate surface area is 81.6 Å². The van der Waals surface area contributed by atoms with Gasteiger partial charge in [0.25, 0.3) is 0 Å². The fourth-order valence-electron chi connectivity index (χ4n) is 1.48. The summed E-state index contributed by atoms with van der Waals surface area (Å²) in [5.41, 5.74) is 7.59. The molecule has 2 aromatic rings. The summed E-state index contributed by atoms with van der Waals surface area (Å²) in [6, 6.07) is 6.88. The number of halogens is 1. The Hall–Kier alpha value is -1.48. The number of fused-ring (bicyclic) bond motifs is 1. The van der Waals surface area contributed by atoms with Gasteiger partial charge in [-0.3, -0.25) is 0 Å². The molecule has 14 heavy (non-hydrogen) atoms. The van der Waals surface area contributed by atoms with Crippen LogP contribution in [0.1, 0.15) is 11.3 Å². The molecule has 3 heteroatoms. The van der Waals surface area contributed by atoms with Gasteiger partial charge in [0.2, 0.25) is 0 Å². The zero-order chi connectivity index (χ0) is 10.1. The first-order valence-corrected chi connectivity index (χ1v) is 4.47. The molecule has 2 rings (SSSR count). The Morgan fingerprint density at radius 2 is 2.07 bits per heavy atom. The lowest BCUT2D eigenvalue weighted by Gasteiger charge is -2.04. The molecule has 1 aromatic heterocycles. The third kappa shape index (κ3) is 1.36. The van der Waals surface area contributed by atoms with E-state index in [4.69, 9.17) is 5.73 Å². The van der Waals surface area contributed by atoms with Crippen LogP contribution in [0, 0.1) is 12.7 Å². The molecule has 2 N–H and O–H groups in total. The van der Waals surface area contributed by atoms with Crippen molar-refractivity contribution in [2.75, 3.05) is 0 Å². The highest BCUT2D eigenvalue weighted by molar-refractivity contribution is 5.82. The van der Waals surface area contributed by atoms with E-state index in [9.17, 15) is 4.39 Å². The third-order valence-corrected chi connectivity index (χ3v) is 2.29. The number of rotatable bonds is 1. The molecule has 2 nitrogen and oxygen atoms in total. The summed E-state index contributed by atoms with van der Waals surface area (Å²) < 4.78 is 13.4. The molecular weight excluding hydrogens is 179 g/mol. The molecule has 0 aliphatic carbocycles. The van der Waals surface area contributed by atoms with E-state index in [0.717, 1.165) is 10.9 Å². The van der Waals surface area contributed by atoms with E-state index >= 15 is 0 Å². The van der Waals surface area contributed by atoms with Crippen LogP contribution in [-0.4, -0.2) is 4.98 Å². The van der Waals surface area contributed by atoms with Gasteiger partial charge in [0.15, 0.2) is 0 Å². The highest BCUT2D eigenvalue weighted by atomic mass is 19.1. The van der Waals surface area contributed by atoms with E-state index in [-0.39, 0.29) is 5.82 Å². The van der Waals surface area contributed by atoms with Crippen molar-refractivity contribution in [2.45, 2.75) is 13.5 Å². The molecular formula is C11H11FN2. The standard InChI is InChI=1S/C11H11FN2/c1-7-2-5-10(12)11-9(7)4-3-8(6-13)14-11/h2-5H,6,13H2,1H3. The van der Waals surface area contributed by atoms with E-state index in [1.807, 2.05) is 19.1 Å². The Morgan fingerprint density at radius 1 is 1.29 bits per heavy atom. The van der Waals surface area contributed by atoms with Gasteiger partial charge < -0.3 is 5.73 Å². The fraction of sp³-hybridized carbons (Fsp3) is 0.182. The zero-order valence-corrected chi connectivity index (χ0v) is 7.92. The molecule has 1 aromatic carbocycles. The van der Waals surface area contributed by atoms with Crippen molar-refractivity contribution in [1.29, 1.82) is 0 Å². The van der Waals surface area contributed by atoms with Crippen molar-refractivity contribution in [3.8, 4) is 0 Å².